The molecule has 1 N–H and O–H groups in total. The molecule has 0 spiro atoms. The van der Waals surface area contributed by atoms with Crippen molar-refractivity contribution in [3.63, 3.8) is 0 Å². The molecule has 0 radical (unpaired) electrons. The number of rotatable bonds is 6. The molecule has 0 aromatic carbocycles. The van der Waals surface area contributed by atoms with E-state index in [1.807, 2.05) is 0 Å². The van der Waals surface area contributed by atoms with Crippen molar-refractivity contribution in [3.8, 4) is 0 Å². The van der Waals surface area contributed by atoms with E-state index in [9.17, 15) is 8.42 Å². The monoisotopic (exact) mass is 304 g/mol. The third-order valence-corrected chi connectivity index (χ3v) is 7.04. The van der Waals surface area contributed by atoms with Gasteiger partial charge >= 0.3 is 0 Å². The fourth-order valence-corrected chi connectivity index (χ4v) is 3.56. The Balaban J connectivity index is 2.76. The molecule has 1 aliphatic heterocycles. The number of nitrogens with zero attached hydrogens (tertiary/aromatic N) is 1. The predicted octanol–water partition coefficient (Wildman–Crippen LogP) is 1.91. The summed E-state index contributed by atoms with van der Waals surface area (Å²) in [5.41, 5.74) is 0.0674. The molecule has 4 nitrogen and oxygen atoms in total. The fourth-order valence-electron chi connectivity index (χ4n) is 2.61. The summed E-state index contributed by atoms with van der Waals surface area (Å²) in [5.74, 6) is 0.839. The molecule has 1 saturated heterocycles. The highest BCUT2D eigenvalue weighted by Crippen LogP contribution is 2.25. The van der Waals surface area contributed by atoms with Gasteiger partial charge < -0.3 is 5.32 Å². The Morgan fingerprint density at radius 2 is 1.90 bits per heavy atom. The van der Waals surface area contributed by atoms with Crippen LogP contribution in [-0.2, 0) is 9.84 Å². The highest BCUT2D eigenvalue weighted by atomic mass is 32.2. The molecule has 0 aliphatic carbocycles. The zero-order valence-electron chi connectivity index (χ0n) is 13.9. The first-order valence-electron chi connectivity index (χ1n) is 7.82. The number of hydrogen-bond donors (Lipinski definition) is 1. The largest absolute Gasteiger partial charge is 0.311 e. The van der Waals surface area contributed by atoms with Crippen molar-refractivity contribution >= 4 is 9.84 Å². The Labute approximate surface area is 125 Å². The molecule has 0 saturated carbocycles. The van der Waals surface area contributed by atoms with Crippen molar-refractivity contribution in [3.05, 3.63) is 0 Å². The zero-order valence-corrected chi connectivity index (χ0v) is 14.8. The Morgan fingerprint density at radius 1 is 1.30 bits per heavy atom. The number of sulfone groups is 1. The molecular formula is C15H32N2O2S. The van der Waals surface area contributed by atoms with Crippen molar-refractivity contribution < 1.29 is 8.42 Å². The molecule has 1 heterocycles. The first-order chi connectivity index (χ1) is 9.12. The molecular weight excluding hydrogens is 272 g/mol. The SMILES string of the molecule is CCC1(C)CNC(C(C)C)CN1CCS(=O)(=O)C(C)C. The molecule has 0 amide bonds. The number of nitrogens with one attached hydrogen (secondary N) is 1. The molecule has 2 unspecified atom stereocenters. The van der Waals surface area contributed by atoms with Crippen molar-refractivity contribution in [2.75, 3.05) is 25.4 Å². The third kappa shape index (κ3) is 4.18. The standard InChI is InChI=1S/C15H32N2O2S/c1-7-15(6)11-16-14(12(2)3)10-17(15)8-9-20(18,19)13(4)5/h12-14,16H,7-11H2,1-6H3. The van der Waals surface area contributed by atoms with E-state index in [1.54, 1.807) is 13.8 Å². The second-order valence-corrected chi connectivity index (χ2v) is 9.62. The van der Waals surface area contributed by atoms with Crippen LogP contribution in [0.3, 0.4) is 0 Å². The van der Waals surface area contributed by atoms with Gasteiger partial charge in [0.15, 0.2) is 9.84 Å². The van der Waals surface area contributed by atoms with E-state index in [4.69, 9.17) is 0 Å². The van der Waals surface area contributed by atoms with Gasteiger partial charge in [0.1, 0.15) is 0 Å². The maximum Gasteiger partial charge on any atom is 0.153 e. The molecule has 5 heteroatoms. The minimum absolute atomic E-state index is 0.0674. The van der Waals surface area contributed by atoms with Crippen molar-refractivity contribution in [1.82, 2.24) is 10.2 Å². The van der Waals surface area contributed by atoms with E-state index < -0.39 is 9.84 Å². The minimum Gasteiger partial charge on any atom is -0.311 e. The van der Waals surface area contributed by atoms with Crippen molar-refractivity contribution in [2.24, 2.45) is 5.92 Å². The van der Waals surface area contributed by atoms with Crippen molar-refractivity contribution in [1.29, 1.82) is 0 Å². The molecule has 0 aromatic rings. The Morgan fingerprint density at radius 3 is 2.35 bits per heavy atom. The van der Waals surface area contributed by atoms with E-state index in [1.165, 1.54) is 0 Å². The lowest BCUT2D eigenvalue weighted by Gasteiger charge is -2.49. The van der Waals surface area contributed by atoms with Gasteiger partial charge in [0.05, 0.1) is 11.0 Å². The fraction of sp³-hybridized carbons (Fsp3) is 1.00. The quantitative estimate of drug-likeness (QED) is 0.814. The Bertz CT molecular complexity index is 406. The van der Waals surface area contributed by atoms with Gasteiger partial charge in [-0.15, -0.1) is 0 Å². The lowest BCUT2D eigenvalue weighted by Crippen LogP contribution is -2.64. The van der Waals surface area contributed by atoms with Crippen LogP contribution in [0, 0.1) is 5.92 Å². The number of piperazine rings is 1. The maximum absolute atomic E-state index is 12.0. The summed E-state index contributed by atoms with van der Waals surface area (Å²) in [6, 6.07) is 0.455. The second-order valence-electron chi connectivity index (χ2n) is 6.94. The van der Waals surface area contributed by atoms with Crippen LogP contribution in [0.1, 0.15) is 48.0 Å². The summed E-state index contributed by atoms with van der Waals surface area (Å²) in [5, 5.41) is 3.34. The van der Waals surface area contributed by atoms with Gasteiger partial charge in [-0.05, 0) is 33.1 Å². The highest BCUT2D eigenvalue weighted by Gasteiger charge is 2.37. The zero-order chi connectivity index (χ0) is 15.6. The Kier molecular flexibility index (Phi) is 6.05. The predicted molar refractivity (Wildman–Crippen MR) is 85.8 cm³/mol. The minimum atomic E-state index is -2.96. The lowest BCUT2D eigenvalue weighted by atomic mass is 9.89. The van der Waals surface area contributed by atoms with Crippen LogP contribution in [0.2, 0.25) is 0 Å². The van der Waals surface area contributed by atoms with Crippen LogP contribution in [-0.4, -0.2) is 55.5 Å². The van der Waals surface area contributed by atoms with Crippen LogP contribution in [0.4, 0.5) is 0 Å². The average molecular weight is 304 g/mol. The summed E-state index contributed by atoms with van der Waals surface area (Å²) in [6.45, 7) is 14.9. The molecule has 2 atom stereocenters. The van der Waals surface area contributed by atoms with Gasteiger partial charge in [0.25, 0.3) is 0 Å². The summed E-state index contributed by atoms with van der Waals surface area (Å²) in [4.78, 5) is 2.38. The van der Waals surface area contributed by atoms with Gasteiger partial charge in [-0.3, -0.25) is 4.90 Å². The molecule has 0 bridgehead atoms. The van der Waals surface area contributed by atoms with Crippen LogP contribution in [0.5, 0.6) is 0 Å². The second kappa shape index (κ2) is 6.75. The lowest BCUT2D eigenvalue weighted by molar-refractivity contribution is 0.0443. The third-order valence-electron chi connectivity index (χ3n) is 4.86. The maximum atomic E-state index is 12.0. The smallest absolute Gasteiger partial charge is 0.153 e. The molecule has 0 aromatic heterocycles. The first kappa shape index (κ1) is 17.9. The Hall–Kier alpha value is -0.130. The van der Waals surface area contributed by atoms with Crippen LogP contribution in [0.15, 0.2) is 0 Å². The van der Waals surface area contributed by atoms with E-state index in [0.717, 1.165) is 19.5 Å². The summed E-state index contributed by atoms with van der Waals surface area (Å²) < 4.78 is 24.1. The van der Waals surface area contributed by atoms with E-state index in [2.05, 4.69) is 37.9 Å². The van der Waals surface area contributed by atoms with Gasteiger partial charge in [-0.1, -0.05) is 20.8 Å². The van der Waals surface area contributed by atoms with Gasteiger partial charge in [-0.2, -0.15) is 0 Å². The van der Waals surface area contributed by atoms with Gasteiger partial charge in [0, 0.05) is 31.2 Å². The van der Waals surface area contributed by atoms with Gasteiger partial charge in [-0.25, -0.2) is 8.42 Å². The summed E-state index contributed by atoms with van der Waals surface area (Å²) >= 11 is 0. The molecule has 120 valence electrons. The van der Waals surface area contributed by atoms with Crippen LogP contribution < -0.4 is 5.32 Å². The summed E-state index contributed by atoms with van der Waals surface area (Å²) in [6.07, 6.45) is 1.03. The summed E-state index contributed by atoms with van der Waals surface area (Å²) in [7, 11) is -2.96. The topological polar surface area (TPSA) is 49.4 Å². The van der Waals surface area contributed by atoms with E-state index in [0.29, 0.717) is 18.5 Å². The average Bonchev–Trinajstić information content (AvgIpc) is 2.37. The van der Waals surface area contributed by atoms with Crippen LogP contribution in [0.25, 0.3) is 0 Å². The van der Waals surface area contributed by atoms with E-state index >= 15 is 0 Å². The molecule has 1 fully saturated rings. The van der Waals surface area contributed by atoms with Crippen molar-refractivity contribution in [2.45, 2.75) is 64.8 Å². The normalized spacial score (nSPS) is 29.3. The molecule has 20 heavy (non-hydrogen) atoms. The highest BCUT2D eigenvalue weighted by molar-refractivity contribution is 7.92. The van der Waals surface area contributed by atoms with E-state index in [-0.39, 0.29) is 16.5 Å². The number of hydrogen-bond acceptors (Lipinski definition) is 4. The molecule has 1 aliphatic rings. The van der Waals surface area contributed by atoms with Gasteiger partial charge in [0.2, 0.25) is 0 Å². The van der Waals surface area contributed by atoms with Crippen LogP contribution >= 0.6 is 0 Å². The molecule has 1 rings (SSSR count). The first-order valence-corrected chi connectivity index (χ1v) is 9.54.